The molecule has 1 amide bonds. The lowest BCUT2D eigenvalue weighted by Gasteiger charge is -2.25. The Hall–Kier alpha value is -0.700. The van der Waals surface area contributed by atoms with Gasteiger partial charge in [-0.2, -0.15) is 17.0 Å². The Morgan fingerprint density at radius 3 is 2.70 bits per heavy atom. The highest BCUT2D eigenvalue weighted by atomic mass is 32.2. The molecule has 1 rings (SSSR count). The highest BCUT2D eigenvalue weighted by Gasteiger charge is 2.28. The largest absolute Gasteiger partial charge is 0.355 e. The summed E-state index contributed by atoms with van der Waals surface area (Å²) >= 11 is 0. The van der Waals surface area contributed by atoms with Crippen LogP contribution in [0.2, 0.25) is 0 Å². The Kier molecular flexibility index (Phi) is 6.87. The molecule has 0 aromatic heterocycles. The summed E-state index contributed by atoms with van der Waals surface area (Å²) in [5.74, 6) is 0.0790. The van der Waals surface area contributed by atoms with Gasteiger partial charge in [-0.25, -0.2) is 0 Å². The van der Waals surface area contributed by atoms with Gasteiger partial charge in [-0.1, -0.05) is 13.8 Å². The zero-order chi connectivity index (χ0) is 15.2. The third-order valence-electron chi connectivity index (χ3n) is 3.09. The summed E-state index contributed by atoms with van der Waals surface area (Å²) in [6.45, 7) is 6.81. The van der Waals surface area contributed by atoms with Crippen LogP contribution < -0.4 is 10.6 Å². The minimum atomic E-state index is -3.55. The van der Waals surface area contributed by atoms with Gasteiger partial charge < -0.3 is 10.6 Å². The van der Waals surface area contributed by atoms with Gasteiger partial charge in [-0.3, -0.25) is 4.79 Å². The molecular weight excluding hydrogens is 280 g/mol. The van der Waals surface area contributed by atoms with E-state index >= 15 is 0 Å². The maximum Gasteiger partial charge on any atom is 0.282 e. The second-order valence-electron chi connectivity index (χ2n) is 5.46. The standard InChI is InChI=1S/C12H26N4O3S/c1-11(2)9-14-12(17)10-15(3)20(18,19)16-7-4-5-13-6-8-16/h11,13H,4-10H2,1-3H3,(H,14,17). The molecule has 118 valence electrons. The SMILES string of the molecule is CC(C)CNC(=O)CN(C)S(=O)(=O)N1CCCNCC1. The fourth-order valence-electron chi connectivity index (χ4n) is 1.91. The average molecular weight is 306 g/mol. The van der Waals surface area contributed by atoms with Gasteiger partial charge in [0.15, 0.2) is 0 Å². The number of amides is 1. The minimum Gasteiger partial charge on any atom is -0.355 e. The normalized spacial score (nSPS) is 18.2. The summed E-state index contributed by atoms with van der Waals surface area (Å²) in [5.41, 5.74) is 0. The molecule has 1 aliphatic rings. The highest BCUT2D eigenvalue weighted by Crippen LogP contribution is 2.08. The van der Waals surface area contributed by atoms with Crippen LogP contribution in [0.5, 0.6) is 0 Å². The molecule has 7 nitrogen and oxygen atoms in total. The predicted molar refractivity (Wildman–Crippen MR) is 78.5 cm³/mol. The first-order valence-corrected chi connectivity index (χ1v) is 8.42. The van der Waals surface area contributed by atoms with E-state index in [4.69, 9.17) is 0 Å². The fraction of sp³-hybridized carbons (Fsp3) is 0.917. The third-order valence-corrected chi connectivity index (χ3v) is 5.03. The van der Waals surface area contributed by atoms with E-state index in [1.807, 2.05) is 13.8 Å². The fourth-order valence-corrected chi connectivity index (χ4v) is 3.26. The van der Waals surface area contributed by atoms with Crippen molar-refractivity contribution in [1.29, 1.82) is 0 Å². The number of carbonyl (C=O) groups excluding carboxylic acids is 1. The Bertz CT molecular complexity index is 403. The van der Waals surface area contributed by atoms with Crippen molar-refractivity contribution in [2.75, 3.05) is 46.3 Å². The summed E-state index contributed by atoms with van der Waals surface area (Å²) in [4.78, 5) is 11.7. The first-order valence-electron chi connectivity index (χ1n) is 7.03. The number of likely N-dealkylation sites (N-methyl/N-ethyl adjacent to an activating group) is 1. The number of hydrogen-bond donors (Lipinski definition) is 2. The lowest BCUT2D eigenvalue weighted by atomic mass is 10.2. The molecule has 8 heteroatoms. The first kappa shape index (κ1) is 17.4. The molecule has 0 aromatic rings. The zero-order valence-corrected chi connectivity index (χ0v) is 13.4. The number of carbonyl (C=O) groups is 1. The number of nitrogens with zero attached hydrogens (tertiary/aromatic N) is 2. The van der Waals surface area contributed by atoms with Crippen LogP contribution >= 0.6 is 0 Å². The highest BCUT2D eigenvalue weighted by molar-refractivity contribution is 7.86. The van der Waals surface area contributed by atoms with Gasteiger partial charge in [0.2, 0.25) is 5.91 Å². The molecule has 1 saturated heterocycles. The van der Waals surface area contributed by atoms with E-state index in [2.05, 4.69) is 10.6 Å². The minimum absolute atomic E-state index is 0.140. The van der Waals surface area contributed by atoms with E-state index in [1.165, 1.54) is 11.4 Å². The van der Waals surface area contributed by atoms with Crippen molar-refractivity contribution in [3.05, 3.63) is 0 Å². The van der Waals surface area contributed by atoms with Crippen LogP contribution in [0.1, 0.15) is 20.3 Å². The summed E-state index contributed by atoms with van der Waals surface area (Å²) < 4.78 is 27.3. The van der Waals surface area contributed by atoms with E-state index in [9.17, 15) is 13.2 Å². The predicted octanol–water partition coefficient (Wildman–Crippen LogP) is -0.769. The second-order valence-corrected chi connectivity index (χ2v) is 7.50. The molecule has 0 bridgehead atoms. The Morgan fingerprint density at radius 2 is 2.05 bits per heavy atom. The van der Waals surface area contributed by atoms with Gasteiger partial charge in [0, 0.05) is 33.2 Å². The topological polar surface area (TPSA) is 81.8 Å². The van der Waals surface area contributed by atoms with E-state index in [0.717, 1.165) is 17.3 Å². The summed E-state index contributed by atoms with van der Waals surface area (Å²) in [6, 6.07) is 0. The average Bonchev–Trinajstić information content (AvgIpc) is 2.65. The van der Waals surface area contributed by atoms with Crippen LogP contribution in [0.3, 0.4) is 0 Å². The number of hydrogen-bond acceptors (Lipinski definition) is 4. The Morgan fingerprint density at radius 1 is 1.35 bits per heavy atom. The quantitative estimate of drug-likeness (QED) is 0.675. The van der Waals surface area contributed by atoms with Crippen molar-refractivity contribution >= 4 is 16.1 Å². The second kappa shape index (κ2) is 7.92. The van der Waals surface area contributed by atoms with Crippen molar-refractivity contribution < 1.29 is 13.2 Å². The van der Waals surface area contributed by atoms with Crippen LogP contribution in [-0.2, 0) is 15.0 Å². The van der Waals surface area contributed by atoms with E-state index in [1.54, 1.807) is 0 Å². The maximum atomic E-state index is 12.4. The summed E-state index contributed by atoms with van der Waals surface area (Å²) in [7, 11) is -2.11. The van der Waals surface area contributed by atoms with Crippen LogP contribution in [0.4, 0.5) is 0 Å². The monoisotopic (exact) mass is 306 g/mol. The van der Waals surface area contributed by atoms with E-state index < -0.39 is 10.2 Å². The molecule has 0 aliphatic carbocycles. The molecule has 0 aromatic carbocycles. The van der Waals surface area contributed by atoms with Crippen LogP contribution in [-0.4, -0.2) is 69.3 Å². The Balaban J connectivity index is 2.55. The summed E-state index contributed by atoms with van der Waals surface area (Å²) in [5, 5.41) is 5.88. The first-order chi connectivity index (χ1) is 9.34. The lowest BCUT2D eigenvalue weighted by molar-refractivity contribution is -0.121. The smallest absolute Gasteiger partial charge is 0.282 e. The molecule has 1 aliphatic heterocycles. The van der Waals surface area contributed by atoms with Crippen molar-refractivity contribution in [2.45, 2.75) is 20.3 Å². The van der Waals surface area contributed by atoms with Gasteiger partial charge in [-0.05, 0) is 18.9 Å². The van der Waals surface area contributed by atoms with Crippen molar-refractivity contribution in [3.8, 4) is 0 Å². The lowest BCUT2D eigenvalue weighted by Crippen LogP contribution is -2.47. The number of rotatable bonds is 6. The summed E-state index contributed by atoms with van der Waals surface area (Å²) in [6.07, 6.45) is 0.784. The van der Waals surface area contributed by atoms with Crippen molar-refractivity contribution in [1.82, 2.24) is 19.2 Å². The van der Waals surface area contributed by atoms with E-state index in [0.29, 0.717) is 32.1 Å². The van der Waals surface area contributed by atoms with Crippen LogP contribution in [0.15, 0.2) is 0 Å². The van der Waals surface area contributed by atoms with Crippen LogP contribution in [0, 0.1) is 5.92 Å². The zero-order valence-electron chi connectivity index (χ0n) is 12.6. The molecule has 2 N–H and O–H groups in total. The Labute approximate surface area is 121 Å². The van der Waals surface area contributed by atoms with Gasteiger partial charge in [0.1, 0.15) is 0 Å². The van der Waals surface area contributed by atoms with Crippen LogP contribution in [0.25, 0.3) is 0 Å². The van der Waals surface area contributed by atoms with Gasteiger partial charge in [-0.15, -0.1) is 0 Å². The third kappa shape index (κ3) is 5.35. The van der Waals surface area contributed by atoms with Gasteiger partial charge >= 0.3 is 0 Å². The molecule has 1 heterocycles. The van der Waals surface area contributed by atoms with Crippen molar-refractivity contribution in [3.63, 3.8) is 0 Å². The molecule has 0 radical (unpaired) electrons. The molecule has 1 fully saturated rings. The maximum absolute atomic E-state index is 12.4. The molecular formula is C12H26N4O3S. The van der Waals surface area contributed by atoms with Crippen molar-refractivity contribution in [2.24, 2.45) is 5.92 Å². The molecule has 20 heavy (non-hydrogen) atoms. The number of nitrogens with one attached hydrogen (secondary N) is 2. The molecule has 0 saturated carbocycles. The van der Waals surface area contributed by atoms with Gasteiger partial charge in [0.25, 0.3) is 10.2 Å². The van der Waals surface area contributed by atoms with Gasteiger partial charge in [0.05, 0.1) is 6.54 Å². The molecule has 0 unspecified atom stereocenters. The van der Waals surface area contributed by atoms with E-state index in [-0.39, 0.29) is 12.5 Å². The molecule has 0 atom stereocenters. The molecule has 0 spiro atoms.